The fourth-order valence-electron chi connectivity index (χ4n) is 1.90. The first kappa shape index (κ1) is 16.3. The lowest BCUT2D eigenvalue weighted by Crippen LogP contribution is -2.09. The maximum absolute atomic E-state index is 13.8. The zero-order chi connectivity index (χ0) is 16.7. The molecular formula is C14H6F8. The minimum Gasteiger partial charge on any atom is -0.207 e. The number of halogens is 8. The molecule has 0 atom stereocenters. The van der Waals surface area contributed by atoms with Crippen LogP contribution in [0.15, 0.2) is 36.4 Å². The molecule has 0 spiro atoms. The van der Waals surface area contributed by atoms with E-state index in [1.807, 2.05) is 0 Å². The molecule has 0 radical (unpaired) electrons. The zero-order valence-corrected chi connectivity index (χ0v) is 10.5. The first-order chi connectivity index (χ1) is 10.00. The molecule has 0 amide bonds. The highest BCUT2D eigenvalue weighted by Crippen LogP contribution is 2.39. The van der Waals surface area contributed by atoms with E-state index in [0.29, 0.717) is 30.3 Å². The van der Waals surface area contributed by atoms with Crippen molar-refractivity contribution in [1.29, 1.82) is 0 Å². The average molecular weight is 326 g/mol. The molecular weight excluding hydrogens is 320 g/mol. The lowest BCUT2D eigenvalue weighted by molar-refractivity contribution is -0.138. The van der Waals surface area contributed by atoms with Crippen LogP contribution in [0.3, 0.4) is 0 Å². The number of hydrogen-bond acceptors (Lipinski definition) is 0. The van der Waals surface area contributed by atoms with E-state index in [2.05, 4.69) is 0 Å². The summed E-state index contributed by atoms with van der Waals surface area (Å²) in [5, 5.41) is 0. The van der Waals surface area contributed by atoms with Gasteiger partial charge < -0.3 is 0 Å². The number of hydrogen-bond donors (Lipinski definition) is 0. The molecule has 0 N–H and O–H groups in total. The van der Waals surface area contributed by atoms with E-state index in [1.165, 1.54) is 0 Å². The third-order valence-corrected chi connectivity index (χ3v) is 2.87. The smallest absolute Gasteiger partial charge is 0.207 e. The fraction of sp³-hybridized carbons (Fsp3) is 0.143. The van der Waals surface area contributed by atoms with E-state index in [0.717, 1.165) is 0 Å². The van der Waals surface area contributed by atoms with Crippen LogP contribution in [0, 0.1) is 11.6 Å². The van der Waals surface area contributed by atoms with Gasteiger partial charge in [-0.2, -0.15) is 26.3 Å². The molecule has 0 saturated carbocycles. The Hall–Kier alpha value is -2.12. The summed E-state index contributed by atoms with van der Waals surface area (Å²) in [4.78, 5) is 0. The van der Waals surface area contributed by atoms with E-state index in [9.17, 15) is 35.1 Å². The predicted octanol–water partition coefficient (Wildman–Crippen LogP) is 5.67. The summed E-state index contributed by atoms with van der Waals surface area (Å²) < 4.78 is 103. The topological polar surface area (TPSA) is 0 Å². The van der Waals surface area contributed by atoms with Crippen LogP contribution in [-0.2, 0) is 12.4 Å². The summed E-state index contributed by atoms with van der Waals surface area (Å²) in [6.07, 6.45) is -9.74. The Kier molecular flexibility index (Phi) is 3.88. The van der Waals surface area contributed by atoms with Gasteiger partial charge in [0.2, 0.25) is 0 Å². The van der Waals surface area contributed by atoms with Gasteiger partial charge in [0, 0.05) is 5.56 Å². The predicted molar refractivity (Wildman–Crippen MR) is 61.8 cm³/mol. The Morgan fingerprint density at radius 1 is 0.636 bits per heavy atom. The Labute approximate surface area is 119 Å². The molecule has 0 saturated heterocycles. The third-order valence-electron chi connectivity index (χ3n) is 2.87. The van der Waals surface area contributed by atoms with Gasteiger partial charge in [0.05, 0.1) is 11.1 Å². The second-order valence-electron chi connectivity index (χ2n) is 4.38. The Bertz CT molecular complexity index is 697. The molecule has 0 aliphatic carbocycles. The fourth-order valence-corrected chi connectivity index (χ4v) is 1.90. The molecule has 0 aliphatic heterocycles. The molecule has 2 aromatic carbocycles. The molecule has 0 fully saturated rings. The highest BCUT2D eigenvalue weighted by molar-refractivity contribution is 5.69. The first-order valence-corrected chi connectivity index (χ1v) is 5.74. The van der Waals surface area contributed by atoms with E-state index in [1.54, 1.807) is 0 Å². The molecule has 0 aliphatic rings. The lowest BCUT2D eigenvalue weighted by Gasteiger charge is -2.15. The molecule has 0 nitrogen and oxygen atoms in total. The van der Waals surface area contributed by atoms with Crippen LogP contribution in [0.1, 0.15) is 11.1 Å². The summed E-state index contributed by atoms with van der Waals surface area (Å²) in [6.45, 7) is 0. The lowest BCUT2D eigenvalue weighted by atomic mass is 9.97. The van der Waals surface area contributed by atoms with Crippen LogP contribution in [0.4, 0.5) is 35.1 Å². The molecule has 2 rings (SSSR count). The van der Waals surface area contributed by atoms with Crippen molar-refractivity contribution < 1.29 is 35.1 Å². The monoisotopic (exact) mass is 326 g/mol. The van der Waals surface area contributed by atoms with Crippen LogP contribution >= 0.6 is 0 Å². The molecule has 8 heteroatoms. The van der Waals surface area contributed by atoms with Crippen molar-refractivity contribution in [3.8, 4) is 11.1 Å². The highest BCUT2D eigenvalue weighted by atomic mass is 19.4. The largest absolute Gasteiger partial charge is 0.417 e. The molecule has 0 heterocycles. The van der Waals surface area contributed by atoms with Crippen LogP contribution in [0.2, 0.25) is 0 Å². The number of alkyl halides is 6. The van der Waals surface area contributed by atoms with Gasteiger partial charge >= 0.3 is 12.4 Å². The van der Waals surface area contributed by atoms with Crippen molar-refractivity contribution in [2.45, 2.75) is 12.4 Å². The van der Waals surface area contributed by atoms with E-state index in [-0.39, 0.29) is 6.07 Å². The van der Waals surface area contributed by atoms with E-state index >= 15 is 0 Å². The van der Waals surface area contributed by atoms with Gasteiger partial charge in [0.25, 0.3) is 0 Å². The SMILES string of the molecule is Fc1ccc(C(F)(F)F)c(-c2ccc(C(F)(F)F)cc2F)c1. The van der Waals surface area contributed by atoms with Gasteiger partial charge in [-0.15, -0.1) is 0 Å². The molecule has 118 valence electrons. The van der Waals surface area contributed by atoms with Crippen LogP contribution < -0.4 is 0 Å². The van der Waals surface area contributed by atoms with Crippen molar-refractivity contribution in [2.24, 2.45) is 0 Å². The first-order valence-electron chi connectivity index (χ1n) is 5.74. The van der Waals surface area contributed by atoms with E-state index in [4.69, 9.17) is 0 Å². The highest BCUT2D eigenvalue weighted by Gasteiger charge is 2.35. The molecule has 2 aromatic rings. The van der Waals surface area contributed by atoms with Gasteiger partial charge in [-0.25, -0.2) is 8.78 Å². The Morgan fingerprint density at radius 2 is 1.27 bits per heavy atom. The number of rotatable bonds is 1. The summed E-state index contributed by atoms with van der Waals surface area (Å²) in [5.74, 6) is -2.59. The molecule has 0 unspecified atom stereocenters. The van der Waals surface area contributed by atoms with Gasteiger partial charge in [-0.1, -0.05) is 6.07 Å². The average Bonchev–Trinajstić information content (AvgIpc) is 2.35. The van der Waals surface area contributed by atoms with E-state index < -0.39 is 46.2 Å². The van der Waals surface area contributed by atoms with Crippen molar-refractivity contribution in [3.63, 3.8) is 0 Å². The van der Waals surface area contributed by atoms with Gasteiger partial charge in [0.1, 0.15) is 11.6 Å². The van der Waals surface area contributed by atoms with Crippen LogP contribution in [0.25, 0.3) is 11.1 Å². The summed E-state index contributed by atoms with van der Waals surface area (Å²) in [7, 11) is 0. The number of benzene rings is 2. The van der Waals surface area contributed by atoms with Gasteiger partial charge in [-0.05, 0) is 35.9 Å². The zero-order valence-electron chi connectivity index (χ0n) is 10.5. The van der Waals surface area contributed by atoms with Crippen LogP contribution in [0.5, 0.6) is 0 Å². The summed E-state index contributed by atoms with van der Waals surface area (Å²) in [6, 6.07) is 2.41. The second kappa shape index (κ2) is 5.26. The Morgan fingerprint density at radius 3 is 1.77 bits per heavy atom. The van der Waals surface area contributed by atoms with Crippen molar-refractivity contribution >= 4 is 0 Å². The van der Waals surface area contributed by atoms with Gasteiger partial charge in [0.15, 0.2) is 0 Å². The van der Waals surface area contributed by atoms with Crippen molar-refractivity contribution in [3.05, 3.63) is 59.2 Å². The van der Waals surface area contributed by atoms with Crippen molar-refractivity contribution in [1.82, 2.24) is 0 Å². The Balaban J connectivity index is 2.65. The summed E-state index contributed by atoms with van der Waals surface area (Å²) >= 11 is 0. The quantitative estimate of drug-likeness (QED) is 0.592. The standard InChI is InChI=1S/C14H6F8/c15-8-2-4-11(14(20,21)22)10(6-8)9-3-1-7(5-12(9)16)13(17,18)19/h1-6H. The molecule has 0 aromatic heterocycles. The van der Waals surface area contributed by atoms with Crippen LogP contribution in [-0.4, -0.2) is 0 Å². The maximum Gasteiger partial charge on any atom is 0.417 e. The molecule has 0 bridgehead atoms. The minimum absolute atomic E-state index is 0.0698. The van der Waals surface area contributed by atoms with Crippen molar-refractivity contribution in [2.75, 3.05) is 0 Å². The normalized spacial score (nSPS) is 12.5. The minimum atomic E-state index is -4.90. The van der Waals surface area contributed by atoms with Gasteiger partial charge in [-0.3, -0.25) is 0 Å². The maximum atomic E-state index is 13.8. The summed E-state index contributed by atoms with van der Waals surface area (Å²) in [5.41, 5.74) is -4.31. The second-order valence-corrected chi connectivity index (χ2v) is 4.38. The third kappa shape index (κ3) is 3.20. The molecule has 22 heavy (non-hydrogen) atoms.